The fraction of sp³-hybridized carbons (Fsp3) is 0.267. The minimum atomic E-state index is -3.39. The Morgan fingerprint density at radius 3 is 2.48 bits per heavy atom. The zero-order valence-electron chi connectivity index (χ0n) is 11.9. The molecule has 0 spiro atoms. The molecule has 5 nitrogen and oxygen atoms in total. The molecule has 0 amide bonds. The highest BCUT2D eigenvalue weighted by Gasteiger charge is 2.11. The van der Waals surface area contributed by atoms with Gasteiger partial charge in [-0.1, -0.05) is 18.2 Å². The maximum atomic E-state index is 12.0. The van der Waals surface area contributed by atoms with E-state index in [9.17, 15) is 8.42 Å². The molecule has 0 aliphatic rings. The lowest BCUT2D eigenvalue weighted by atomic mass is 10.1. The first-order chi connectivity index (χ1) is 9.96. The van der Waals surface area contributed by atoms with Crippen LogP contribution in [0.25, 0.3) is 0 Å². The Morgan fingerprint density at radius 2 is 1.90 bits per heavy atom. The second kappa shape index (κ2) is 6.69. The van der Waals surface area contributed by atoms with Gasteiger partial charge in [0.1, 0.15) is 0 Å². The Bertz CT molecular complexity index is 668. The third kappa shape index (κ3) is 4.84. The lowest BCUT2D eigenvalue weighted by Crippen LogP contribution is -2.18. The summed E-state index contributed by atoms with van der Waals surface area (Å²) in [6.45, 7) is 1.88. The molecule has 1 aromatic heterocycles. The second-order valence-electron chi connectivity index (χ2n) is 4.90. The fourth-order valence-electron chi connectivity index (χ4n) is 1.87. The number of hydrogen-bond acceptors (Lipinski definition) is 4. The number of rotatable bonds is 6. The Morgan fingerprint density at radius 1 is 1.19 bits per heavy atom. The van der Waals surface area contributed by atoms with Gasteiger partial charge in [0, 0.05) is 30.0 Å². The summed E-state index contributed by atoms with van der Waals surface area (Å²) in [5.74, 6) is -0.000936. The maximum absolute atomic E-state index is 12.0. The Kier molecular flexibility index (Phi) is 4.93. The molecule has 1 aromatic carbocycles. The molecule has 0 aliphatic carbocycles. The van der Waals surface area contributed by atoms with Crippen molar-refractivity contribution in [3.05, 3.63) is 59.9 Å². The van der Waals surface area contributed by atoms with E-state index in [0.717, 1.165) is 11.3 Å². The molecular weight excluding hydrogens is 286 g/mol. The monoisotopic (exact) mass is 305 g/mol. The van der Waals surface area contributed by atoms with Crippen LogP contribution >= 0.6 is 0 Å². The molecule has 112 valence electrons. The van der Waals surface area contributed by atoms with E-state index in [1.54, 1.807) is 24.4 Å². The predicted octanol–water partition coefficient (Wildman–Crippen LogP) is 2.09. The number of nitrogens with one attached hydrogen (secondary N) is 1. The quantitative estimate of drug-likeness (QED) is 0.855. The van der Waals surface area contributed by atoms with Gasteiger partial charge in [0.15, 0.2) is 0 Å². The van der Waals surface area contributed by atoms with Crippen LogP contribution in [0.4, 0.5) is 5.69 Å². The van der Waals surface area contributed by atoms with Gasteiger partial charge in [-0.25, -0.2) is 8.42 Å². The van der Waals surface area contributed by atoms with Crippen LogP contribution < -0.4 is 10.5 Å². The molecule has 1 heterocycles. The minimum Gasteiger partial charge on any atom is -0.324 e. The average Bonchev–Trinajstić information content (AvgIpc) is 2.46. The van der Waals surface area contributed by atoms with Crippen molar-refractivity contribution >= 4 is 15.7 Å². The first-order valence-corrected chi connectivity index (χ1v) is 8.37. The number of benzene rings is 1. The highest BCUT2D eigenvalue weighted by molar-refractivity contribution is 7.92. The Balaban J connectivity index is 1.97. The van der Waals surface area contributed by atoms with E-state index in [-0.39, 0.29) is 11.8 Å². The van der Waals surface area contributed by atoms with Crippen LogP contribution in [-0.4, -0.2) is 19.2 Å². The van der Waals surface area contributed by atoms with Crippen molar-refractivity contribution in [2.75, 3.05) is 10.5 Å². The zero-order valence-corrected chi connectivity index (χ0v) is 12.7. The van der Waals surface area contributed by atoms with Gasteiger partial charge >= 0.3 is 0 Å². The highest BCUT2D eigenvalue weighted by Crippen LogP contribution is 2.15. The minimum absolute atomic E-state index is 0.000936. The summed E-state index contributed by atoms with van der Waals surface area (Å²) >= 11 is 0. The van der Waals surface area contributed by atoms with E-state index >= 15 is 0 Å². The van der Waals surface area contributed by atoms with E-state index < -0.39 is 10.0 Å². The number of nitrogens with zero attached hydrogens (tertiary/aromatic N) is 1. The van der Waals surface area contributed by atoms with E-state index in [0.29, 0.717) is 12.1 Å². The molecule has 0 aliphatic heterocycles. The van der Waals surface area contributed by atoms with Gasteiger partial charge in [0.05, 0.1) is 5.75 Å². The Labute approximate surface area is 125 Å². The topological polar surface area (TPSA) is 85.1 Å². The SMILES string of the molecule is CC(N)c1ccc(NS(=O)(=O)CCc2ccccn2)cc1. The first kappa shape index (κ1) is 15.5. The zero-order chi connectivity index (χ0) is 15.3. The molecule has 2 rings (SSSR count). The molecule has 0 fully saturated rings. The smallest absolute Gasteiger partial charge is 0.233 e. The molecule has 3 N–H and O–H groups in total. The van der Waals surface area contributed by atoms with Gasteiger partial charge in [0.25, 0.3) is 0 Å². The molecule has 1 atom stereocenters. The molecule has 0 saturated carbocycles. The van der Waals surface area contributed by atoms with Crippen LogP contribution in [0.15, 0.2) is 48.7 Å². The number of aryl methyl sites for hydroxylation is 1. The summed E-state index contributed by atoms with van der Waals surface area (Å²) in [4.78, 5) is 4.11. The molecule has 0 saturated heterocycles. The second-order valence-corrected chi connectivity index (χ2v) is 6.74. The fourth-order valence-corrected chi connectivity index (χ4v) is 2.95. The number of hydrogen-bond donors (Lipinski definition) is 2. The summed E-state index contributed by atoms with van der Waals surface area (Å²) < 4.78 is 26.6. The summed E-state index contributed by atoms with van der Waals surface area (Å²) in [7, 11) is -3.39. The summed E-state index contributed by atoms with van der Waals surface area (Å²) in [6, 6.07) is 12.5. The van der Waals surface area contributed by atoms with Gasteiger partial charge in [-0.2, -0.15) is 0 Å². The van der Waals surface area contributed by atoms with Crippen molar-refractivity contribution in [3.63, 3.8) is 0 Å². The summed E-state index contributed by atoms with van der Waals surface area (Å²) in [5.41, 5.74) is 8.02. The van der Waals surface area contributed by atoms with Gasteiger partial charge in [-0.05, 0) is 36.8 Å². The van der Waals surface area contributed by atoms with E-state index in [4.69, 9.17) is 5.73 Å². The van der Waals surface area contributed by atoms with Crippen LogP contribution in [0.1, 0.15) is 24.2 Å². The van der Waals surface area contributed by atoms with Crippen molar-refractivity contribution in [1.82, 2.24) is 4.98 Å². The number of sulfonamides is 1. The van der Waals surface area contributed by atoms with E-state index in [2.05, 4.69) is 9.71 Å². The summed E-state index contributed by atoms with van der Waals surface area (Å²) in [5, 5.41) is 0. The van der Waals surface area contributed by atoms with Crippen LogP contribution in [0.5, 0.6) is 0 Å². The molecular formula is C15H19N3O2S. The van der Waals surface area contributed by atoms with Crippen LogP contribution in [0.2, 0.25) is 0 Å². The lowest BCUT2D eigenvalue weighted by Gasteiger charge is -2.10. The highest BCUT2D eigenvalue weighted by atomic mass is 32.2. The predicted molar refractivity (Wildman–Crippen MR) is 84.4 cm³/mol. The lowest BCUT2D eigenvalue weighted by molar-refractivity contribution is 0.600. The number of nitrogens with two attached hydrogens (primary N) is 1. The molecule has 6 heteroatoms. The average molecular weight is 305 g/mol. The Hall–Kier alpha value is -1.92. The molecule has 0 bridgehead atoms. The van der Waals surface area contributed by atoms with Gasteiger partial charge in [-0.3, -0.25) is 9.71 Å². The third-order valence-electron chi connectivity index (χ3n) is 3.06. The number of pyridine rings is 1. The normalized spacial score (nSPS) is 12.9. The van der Waals surface area contributed by atoms with Crippen molar-refractivity contribution in [3.8, 4) is 0 Å². The molecule has 0 radical (unpaired) electrons. The van der Waals surface area contributed by atoms with Crippen LogP contribution in [0, 0.1) is 0 Å². The maximum Gasteiger partial charge on any atom is 0.233 e. The van der Waals surface area contributed by atoms with Crippen molar-refractivity contribution in [2.24, 2.45) is 5.73 Å². The number of anilines is 1. The number of aromatic nitrogens is 1. The van der Waals surface area contributed by atoms with E-state index in [1.165, 1.54) is 0 Å². The van der Waals surface area contributed by atoms with Gasteiger partial charge in [0.2, 0.25) is 10.0 Å². The first-order valence-electron chi connectivity index (χ1n) is 6.72. The van der Waals surface area contributed by atoms with Gasteiger partial charge < -0.3 is 5.73 Å². The van der Waals surface area contributed by atoms with Crippen molar-refractivity contribution in [2.45, 2.75) is 19.4 Å². The largest absolute Gasteiger partial charge is 0.324 e. The molecule has 2 aromatic rings. The van der Waals surface area contributed by atoms with Gasteiger partial charge in [-0.15, -0.1) is 0 Å². The van der Waals surface area contributed by atoms with Crippen LogP contribution in [0.3, 0.4) is 0 Å². The molecule has 1 unspecified atom stereocenters. The third-order valence-corrected chi connectivity index (χ3v) is 4.35. The van der Waals surface area contributed by atoms with Crippen molar-refractivity contribution in [1.29, 1.82) is 0 Å². The van der Waals surface area contributed by atoms with Crippen LogP contribution in [-0.2, 0) is 16.4 Å². The standard InChI is InChI=1S/C15H19N3O2S/c1-12(16)13-5-7-15(8-6-13)18-21(19,20)11-9-14-4-2-3-10-17-14/h2-8,10,12,18H,9,11,16H2,1H3. The summed E-state index contributed by atoms with van der Waals surface area (Å²) in [6.07, 6.45) is 2.04. The van der Waals surface area contributed by atoms with E-state index in [1.807, 2.05) is 31.2 Å². The molecule has 21 heavy (non-hydrogen) atoms. The van der Waals surface area contributed by atoms with Crippen molar-refractivity contribution < 1.29 is 8.42 Å².